The van der Waals surface area contributed by atoms with Gasteiger partial charge in [0, 0.05) is 22.6 Å². The van der Waals surface area contributed by atoms with Gasteiger partial charge >= 0.3 is 0 Å². The SMILES string of the molecule is O=c1nc2n(nc1-c1ccccc1)C1(CCCSC1)Nc1ccccc1-2. The van der Waals surface area contributed by atoms with Gasteiger partial charge in [-0.1, -0.05) is 42.5 Å². The molecule has 1 atom stereocenters. The molecule has 3 heterocycles. The van der Waals surface area contributed by atoms with Crippen LogP contribution in [0.3, 0.4) is 0 Å². The molecule has 1 aromatic heterocycles. The van der Waals surface area contributed by atoms with Gasteiger partial charge in [-0.2, -0.15) is 21.8 Å². The number of hydrogen-bond donors (Lipinski definition) is 1. The molecule has 0 amide bonds. The number of hydrogen-bond acceptors (Lipinski definition) is 5. The summed E-state index contributed by atoms with van der Waals surface area (Å²) in [4.78, 5) is 17.2. The van der Waals surface area contributed by atoms with E-state index in [0.29, 0.717) is 11.5 Å². The Hall–Kier alpha value is -2.60. The summed E-state index contributed by atoms with van der Waals surface area (Å²) < 4.78 is 1.96. The van der Waals surface area contributed by atoms with E-state index >= 15 is 0 Å². The fraction of sp³-hybridized carbons (Fsp3) is 0.250. The van der Waals surface area contributed by atoms with Crippen LogP contribution in [0, 0.1) is 0 Å². The number of benzene rings is 2. The molecule has 1 N–H and O–H groups in total. The first-order valence-corrected chi connectivity index (χ1v) is 9.95. The van der Waals surface area contributed by atoms with Crippen molar-refractivity contribution in [3.8, 4) is 22.6 Å². The zero-order chi connectivity index (χ0) is 17.6. The monoisotopic (exact) mass is 362 g/mol. The van der Waals surface area contributed by atoms with Gasteiger partial charge < -0.3 is 5.32 Å². The van der Waals surface area contributed by atoms with Crippen LogP contribution >= 0.6 is 11.8 Å². The van der Waals surface area contributed by atoms with E-state index in [4.69, 9.17) is 5.10 Å². The van der Waals surface area contributed by atoms with Crippen LogP contribution in [-0.4, -0.2) is 26.3 Å². The standard InChI is InChI=1S/C20H18N4OS/c25-19-17(14-7-2-1-3-8-14)23-24-18(21-19)15-9-4-5-10-16(15)22-20(24)11-6-12-26-13-20/h1-5,7-10,22H,6,11-13H2. The number of anilines is 1. The van der Waals surface area contributed by atoms with Crippen molar-refractivity contribution in [1.82, 2.24) is 14.8 Å². The summed E-state index contributed by atoms with van der Waals surface area (Å²) in [6.07, 6.45) is 2.07. The molecule has 1 saturated heterocycles. The maximum absolute atomic E-state index is 12.8. The molecule has 0 aliphatic carbocycles. The smallest absolute Gasteiger partial charge is 0.300 e. The van der Waals surface area contributed by atoms with Crippen molar-refractivity contribution < 1.29 is 0 Å². The first-order valence-electron chi connectivity index (χ1n) is 8.79. The van der Waals surface area contributed by atoms with Gasteiger partial charge in [0.05, 0.1) is 0 Å². The van der Waals surface area contributed by atoms with E-state index in [2.05, 4.69) is 16.4 Å². The summed E-state index contributed by atoms with van der Waals surface area (Å²) in [6, 6.07) is 17.6. The second-order valence-corrected chi connectivity index (χ2v) is 7.83. The number of nitrogens with zero attached hydrogens (tertiary/aromatic N) is 3. The average molecular weight is 362 g/mol. The van der Waals surface area contributed by atoms with E-state index in [0.717, 1.165) is 41.2 Å². The highest BCUT2D eigenvalue weighted by Gasteiger charge is 2.41. The van der Waals surface area contributed by atoms with Gasteiger partial charge in [0.1, 0.15) is 5.66 Å². The lowest BCUT2D eigenvalue weighted by atomic mass is 9.99. The molecule has 26 heavy (non-hydrogen) atoms. The Balaban J connectivity index is 1.78. The summed E-state index contributed by atoms with van der Waals surface area (Å²) in [5, 5.41) is 8.53. The third-order valence-electron chi connectivity index (χ3n) is 5.02. The van der Waals surface area contributed by atoms with Crippen LogP contribution in [0.15, 0.2) is 59.4 Å². The molecule has 5 rings (SSSR count). The van der Waals surface area contributed by atoms with Gasteiger partial charge in [-0.25, -0.2) is 4.68 Å². The first-order chi connectivity index (χ1) is 12.8. The van der Waals surface area contributed by atoms with E-state index in [1.807, 2.05) is 65.0 Å². The van der Waals surface area contributed by atoms with Crippen molar-refractivity contribution in [2.75, 3.05) is 16.8 Å². The molecule has 5 nitrogen and oxygen atoms in total. The van der Waals surface area contributed by atoms with Crippen molar-refractivity contribution >= 4 is 17.4 Å². The van der Waals surface area contributed by atoms with Gasteiger partial charge in [0.15, 0.2) is 11.5 Å². The highest BCUT2D eigenvalue weighted by molar-refractivity contribution is 7.99. The summed E-state index contributed by atoms with van der Waals surface area (Å²) in [7, 11) is 0. The molecule has 130 valence electrons. The molecule has 3 aromatic rings. The molecule has 0 radical (unpaired) electrons. The number of nitrogens with one attached hydrogen (secondary N) is 1. The number of rotatable bonds is 1. The minimum absolute atomic E-state index is 0.280. The van der Waals surface area contributed by atoms with Crippen molar-refractivity contribution in [3.05, 3.63) is 65.0 Å². The van der Waals surface area contributed by atoms with Gasteiger partial charge in [-0.05, 0) is 30.7 Å². The minimum atomic E-state index is -0.336. The van der Waals surface area contributed by atoms with Crippen LogP contribution in [0.5, 0.6) is 0 Å². The van der Waals surface area contributed by atoms with E-state index in [9.17, 15) is 4.79 Å². The zero-order valence-electron chi connectivity index (χ0n) is 14.2. The highest BCUT2D eigenvalue weighted by atomic mass is 32.2. The maximum atomic E-state index is 12.8. The Morgan fingerprint density at radius 3 is 2.69 bits per heavy atom. The van der Waals surface area contributed by atoms with Crippen LogP contribution in [0.1, 0.15) is 12.8 Å². The zero-order valence-corrected chi connectivity index (χ0v) is 15.0. The predicted octanol–water partition coefficient (Wildman–Crippen LogP) is 3.58. The van der Waals surface area contributed by atoms with Crippen LogP contribution in [0.25, 0.3) is 22.6 Å². The normalized spacial score (nSPS) is 20.9. The predicted molar refractivity (Wildman–Crippen MR) is 105 cm³/mol. The summed E-state index contributed by atoms with van der Waals surface area (Å²) in [5.74, 6) is 2.71. The second-order valence-electron chi connectivity index (χ2n) is 6.73. The van der Waals surface area contributed by atoms with Crippen molar-refractivity contribution in [2.45, 2.75) is 18.5 Å². The highest BCUT2D eigenvalue weighted by Crippen LogP contribution is 2.42. The largest absolute Gasteiger partial charge is 0.360 e. The molecule has 0 saturated carbocycles. The maximum Gasteiger partial charge on any atom is 0.300 e. The van der Waals surface area contributed by atoms with Crippen LogP contribution in [0.4, 0.5) is 5.69 Å². The third-order valence-corrected chi connectivity index (χ3v) is 6.28. The molecular formula is C20H18N4OS. The van der Waals surface area contributed by atoms with Crippen LogP contribution in [0.2, 0.25) is 0 Å². The average Bonchev–Trinajstić information content (AvgIpc) is 2.69. The second kappa shape index (κ2) is 5.99. The number of para-hydroxylation sites is 1. The molecule has 6 heteroatoms. The van der Waals surface area contributed by atoms with Gasteiger partial charge in [0.25, 0.3) is 5.56 Å². The molecule has 1 spiro atoms. The Morgan fingerprint density at radius 1 is 1.08 bits per heavy atom. The van der Waals surface area contributed by atoms with Crippen LogP contribution < -0.4 is 10.9 Å². The third kappa shape index (κ3) is 2.36. The van der Waals surface area contributed by atoms with Crippen molar-refractivity contribution in [2.24, 2.45) is 0 Å². The molecule has 1 unspecified atom stereocenters. The quantitative estimate of drug-likeness (QED) is 0.717. The Bertz CT molecular complexity index is 1030. The molecular weight excluding hydrogens is 344 g/mol. The van der Waals surface area contributed by atoms with Crippen molar-refractivity contribution in [3.63, 3.8) is 0 Å². The Morgan fingerprint density at radius 2 is 1.88 bits per heavy atom. The lowest BCUT2D eigenvalue weighted by Crippen LogP contribution is -2.51. The van der Waals surface area contributed by atoms with Gasteiger partial charge in [0.2, 0.25) is 0 Å². The van der Waals surface area contributed by atoms with Gasteiger partial charge in [-0.3, -0.25) is 4.79 Å². The minimum Gasteiger partial charge on any atom is -0.360 e. The molecule has 0 bridgehead atoms. The molecule has 2 aliphatic heterocycles. The first kappa shape index (κ1) is 15.6. The summed E-state index contributed by atoms with van der Waals surface area (Å²) in [6.45, 7) is 0. The van der Waals surface area contributed by atoms with Crippen molar-refractivity contribution in [1.29, 1.82) is 0 Å². The van der Waals surface area contributed by atoms with E-state index in [1.165, 1.54) is 0 Å². The fourth-order valence-corrected chi connectivity index (χ4v) is 4.94. The number of fused-ring (bicyclic) bond motifs is 4. The molecule has 2 aliphatic rings. The lowest BCUT2D eigenvalue weighted by molar-refractivity contribution is 0.299. The molecule has 1 fully saturated rings. The van der Waals surface area contributed by atoms with E-state index in [-0.39, 0.29) is 11.2 Å². The molecule has 2 aromatic carbocycles. The van der Waals surface area contributed by atoms with Gasteiger partial charge in [-0.15, -0.1) is 0 Å². The Kier molecular flexibility index (Phi) is 3.60. The van der Waals surface area contributed by atoms with E-state index in [1.54, 1.807) is 0 Å². The lowest BCUT2D eigenvalue weighted by Gasteiger charge is -2.43. The van der Waals surface area contributed by atoms with E-state index < -0.39 is 0 Å². The number of aromatic nitrogens is 3. The number of thioether (sulfide) groups is 1. The fourth-order valence-electron chi connectivity index (χ4n) is 3.77. The Labute approximate surface area is 155 Å². The topological polar surface area (TPSA) is 59.8 Å². The van der Waals surface area contributed by atoms with Crippen LogP contribution in [-0.2, 0) is 5.66 Å². The summed E-state index contributed by atoms with van der Waals surface area (Å²) >= 11 is 1.92. The summed E-state index contributed by atoms with van der Waals surface area (Å²) in [5.41, 5.74) is 2.55.